The molecule has 1 saturated carbocycles. The highest BCUT2D eigenvalue weighted by atomic mass is 16.5. The number of likely N-dealkylation sites (tertiary alicyclic amines) is 1. The number of piperidine rings is 1. The number of imidazole rings is 1. The third-order valence-electron chi connectivity index (χ3n) is 6.69. The highest BCUT2D eigenvalue weighted by molar-refractivity contribution is 5.80. The Morgan fingerprint density at radius 2 is 1.96 bits per heavy atom. The zero-order chi connectivity index (χ0) is 18.9. The largest absolute Gasteiger partial charge is 0.375 e. The number of aromatic amines is 1. The molecule has 1 aromatic heterocycles. The molecule has 4 rings (SSSR count). The van der Waals surface area contributed by atoms with Gasteiger partial charge in [-0.2, -0.15) is 0 Å². The number of carbonyl (C=O) groups is 2. The molecule has 148 valence electrons. The number of nitrogens with zero attached hydrogens (tertiary/aromatic N) is 3. The fourth-order valence-corrected chi connectivity index (χ4v) is 5.25. The number of fused-ring (bicyclic) bond motifs is 2. The molecule has 3 heterocycles. The molecule has 2 fully saturated rings. The van der Waals surface area contributed by atoms with Gasteiger partial charge in [0.05, 0.1) is 17.6 Å². The molecule has 0 aromatic carbocycles. The number of nitrogens with one attached hydrogen (secondary N) is 1. The van der Waals surface area contributed by atoms with E-state index < -0.39 is 5.54 Å². The molecular weight excluding hydrogens is 344 g/mol. The normalized spacial score (nSPS) is 22.7. The Hall–Kier alpha value is -1.89. The number of ether oxygens (including phenoxy) is 1. The van der Waals surface area contributed by atoms with Gasteiger partial charge in [0.25, 0.3) is 0 Å². The van der Waals surface area contributed by atoms with Crippen LogP contribution >= 0.6 is 0 Å². The molecule has 3 aliphatic rings. The number of amides is 2. The van der Waals surface area contributed by atoms with Crippen molar-refractivity contribution in [3.8, 4) is 0 Å². The van der Waals surface area contributed by atoms with E-state index in [1.165, 1.54) is 19.3 Å². The summed E-state index contributed by atoms with van der Waals surface area (Å²) in [4.78, 5) is 37.5. The van der Waals surface area contributed by atoms with Gasteiger partial charge in [0, 0.05) is 44.8 Å². The summed E-state index contributed by atoms with van der Waals surface area (Å²) < 4.78 is 5.12. The number of rotatable bonds is 3. The van der Waals surface area contributed by atoms with Crippen LogP contribution in [0.1, 0.15) is 56.3 Å². The standard InChI is InChI=1S/C20H30N4O3/c1-27-13-17(25)24-10-7-16-18(22-14-21-16)20(24)8-11-23(12-9-20)19(26)15-5-3-2-4-6-15/h14-15H,2-13H2,1H3,(H,21,22). The molecule has 0 radical (unpaired) electrons. The van der Waals surface area contributed by atoms with Crippen molar-refractivity contribution in [3.05, 3.63) is 17.7 Å². The van der Waals surface area contributed by atoms with E-state index in [9.17, 15) is 9.59 Å². The van der Waals surface area contributed by atoms with E-state index in [2.05, 4.69) is 9.97 Å². The van der Waals surface area contributed by atoms with Crippen LogP contribution in [0.25, 0.3) is 0 Å². The van der Waals surface area contributed by atoms with Gasteiger partial charge >= 0.3 is 0 Å². The Labute approximate surface area is 160 Å². The molecule has 1 N–H and O–H groups in total. The minimum absolute atomic E-state index is 0.0122. The fourth-order valence-electron chi connectivity index (χ4n) is 5.25. The van der Waals surface area contributed by atoms with E-state index in [1.807, 2.05) is 9.80 Å². The lowest BCUT2D eigenvalue weighted by Crippen LogP contribution is -2.59. The Kier molecular flexibility index (Phi) is 5.21. The lowest BCUT2D eigenvalue weighted by atomic mass is 9.78. The van der Waals surface area contributed by atoms with E-state index in [0.717, 1.165) is 43.5 Å². The van der Waals surface area contributed by atoms with Gasteiger partial charge in [-0.1, -0.05) is 19.3 Å². The van der Waals surface area contributed by atoms with Gasteiger partial charge in [-0.15, -0.1) is 0 Å². The number of H-pyrrole nitrogens is 1. The first kappa shape index (κ1) is 18.5. The van der Waals surface area contributed by atoms with Crippen molar-refractivity contribution >= 4 is 11.8 Å². The van der Waals surface area contributed by atoms with Gasteiger partial charge in [0.2, 0.25) is 11.8 Å². The number of carbonyl (C=O) groups excluding carboxylic acids is 2. The summed E-state index contributed by atoms with van der Waals surface area (Å²) in [5.41, 5.74) is 1.71. The molecule has 2 aliphatic heterocycles. The van der Waals surface area contributed by atoms with Gasteiger partial charge in [0.15, 0.2) is 0 Å². The van der Waals surface area contributed by atoms with Crippen LogP contribution in [0.3, 0.4) is 0 Å². The SMILES string of the molecule is COCC(=O)N1CCc2[nH]cnc2C12CCN(C(=O)C1CCCCC1)CC2. The molecule has 1 spiro atoms. The van der Waals surface area contributed by atoms with Crippen molar-refractivity contribution in [3.63, 3.8) is 0 Å². The van der Waals surface area contributed by atoms with E-state index >= 15 is 0 Å². The molecule has 7 nitrogen and oxygen atoms in total. The summed E-state index contributed by atoms with van der Waals surface area (Å²) in [6.45, 7) is 2.15. The highest BCUT2D eigenvalue weighted by Crippen LogP contribution is 2.42. The average Bonchev–Trinajstić information content (AvgIpc) is 3.19. The van der Waals surface area contributed by atoms with Crippen LogP contribution in [-0.2, 0) is 26.3 Å². The van der Waals surface area contributed by atoms with Crippen LogP contribution in [-0.4, -0.2) is 64.9 Å². The van der Waals surface area contributed by atoms with Gasteiger partial charge in [0.1, 0.15) is 6.61 Å². The Bertz CT molecular complexity index is 687. The van der Waals surface area contributed by atoms with Gasteiger partial charge in [-0.25, -0.2) is 4.98 Å². The first-order valence-corrected chi connectivity index (χ1v) is 10.3. The third-order valence-corrected chi connectivity index (χ3v) is 6.69. The van der Waals surface area contributed by atoms with Crippen LogP contribution in [0.2, 0.25) is 0 Å². The van der Waals surface area contributed by atoms with Crippen molar-refractivity contribution in [1.82, 2.24) is 19.8 Å². The lowest BCUT2D eigenvalue weighted by Gasteiger charge is -2.50. The van der Waals surface area contributed by atoms with Crippen LogP contribution in [0.5, 0.6) is 0 Å². The van der Waals surface area contributed by atoms with E-state index in [4.69, 9.17) is 4.74 Å². The molecule has 1 saturated heterocycles. The molecule has 0 atom stereocenters. The molecule has 27 heavy (non-hydrogen) atoms. The zero-order valence-corrected chi connectivity index (χ0v) is 16.2. The second-order valence-electron chi connectivity index (χ2n) is 8.15. The Balaban J connectivity index is 1.53. The molecular formula is C20H30N4O3. The summed E-state index contributed by atoms with van der Waals surface area (Å²) in [5, 5.41) is 0. The van der Waals surface area contributed by atoms with E-state index in [-0.39, 0.29) is 18.4 Å². The second kappa shape index (κ2) is 7.62. The van der Waals surface area contributed by atoms with Gasteiger partial charge in [-0.3, -0.25) is 9.59 Å². The van der Waals surface area contributed by atoms with Crippen molar-refractivity contribution in [2.24, 2.45) is 5.92 Å². The number of hydrogen-bond acceptors (Lipinski definition) is 4. The summed E-state index contributed by atoms with van der Waals surface area (Å²) in [6.07, 6.45) is 9.68. The Morgan fingerprint density at radius 1 is 1.22 bits per heavy atom. The van der Waals surface area contributed by atoms with Crippen LogP contribution in [0.15, 0.2) is 6.33 Å². The monoisotopic (exact) mass is 374 g/mol. The molecule has 1 aromatic rings. The molecule has 0 bridgehead atoms. The van der Waals surface area contributed by atoms with E-state index in [1.54, 1.807) is 13.4 Å². The van der Waals surface area contributed by atoms with Crippen LogP contribution in [0, 0.1) is 5.92 Å². The van der Waals surface area contributed by atoms with Crippen molar-refractivity contribution in [2.45, 2.75) is 56.9 Å². The van der Waals surface area contributed by atoms with Gasteiger partial charge < -0.3 is 19.5 Å². The third kappa shape index (κ3) is 3.26. The van der Waals surface area contributed by atoms with Crippen molar-refractivity contribution in [2.75, 3.05) is 33.4 Å². The predicted octanol–water partition coefficient (Wildman–Crippen LogP) is 1.84. The second-order valence-corrected chi connectivity index (χ2v) is 8.15. The van der Waals surface area contributed by atoms with Crippen molar-refractivity contribution in [1.29, 1.82) is 0 Å². The zero-order valence-electron chi connectivity index (χ0n) is 16.2. The molecule has 1 aliphatic carbocycles. The maximum absolute atomic E-state index is 12.9. The maximum atomic E-state index is 12.9. The van der Waals surface area contributed by atoms with Gasteiger partial charge in [-0.05, 0) is 25.7 Å². The molecule has 7 heteroatoms. The van der Waals surface area contributed by atoms with Crippen LogP contribution < -0.4 is 0 Å². The molecule has 2 amide bonds. The first-order valence-electron chi connectivity index (χ1n) is 10.3. The fraction of sp³-hybridized carbons (Fsp3) is 0.750. The smallest absolute Gasteiger partial charge is 0.249 e. The predicted molar refractivity (Wildman–Crippen MR) is 99.9 cm³/mol. The number of hydrogen-bond donors (Lipinski definition) is 1. The maximum Gasteiger partial charge on any atom is 0.249 e. The quantitative estimate of drug-likeness (QED) is 0.876. The topological polar surface area (TPSA) is 78.5 Å². The summed E-state index contributed by atoms with van der Waals surface area (Å²) >= 11 is 0. The summed E-state index contributed by atoms with van der Waals surface area (Å²) in [5.74, 6) is 0.530. The average molecular weight is 374 g/mol. The summed E-state index contributed by atoms with van der Waals surface area (Å²) in [6, 6.07) is 0. The first-order chi connectivity index (χ1) is 13.2. The number of aromatic nitrogens is 2. The number of methoxy groups -OCH3 is 1. The molecule has 0 unspecified atom stereocenters. The Morgan fingerprint density at radius 3 is 2.67 bits per heavy atom. The van der Waals surface area contributed by atoms with E-state index in [0.29, 0.717) is 25.5 Å². The highest BCUT2D eigenvalue weighted by Gasteiger charge is 2.49. The van der Waals surface area contributed by atoms with Crippen LogP contribution in [0.4, 0.5) is 0 Å². The minimum Gasteiger partial charge on any atom is -0.375 e. The summed E-state index contributed by atoms with van der Waals surface area (Å²) in [7, 11) is 1.56. The minimum atomic E-state index is -0.410. The van der Waals surface area contributed by atoms with Crippen molar-refractivity contribution < 1.29 is 14.3 Å². The lowest BCUT2D eigenvalue weighted by molar-refractivity contribution is -0.149.